The molecule has 1 aromatic heterocycles. The van der Waals surface area contributed by atoms with Crippen LogP contribution in [-0.2, 0) is 5.54 Å². The van der Waals surface area contributed by atoms with Gasteiger partial charge in [-0.05, 0) is 47.6 Å². The molecule has 2 atom stereocenters. The van der Waals surface area contributed by atoms with Crippen LogP contribution in [0.2, 0.25) is 0 Å². The maximum absolute atomic E-state index is 6.89. The molecule has 1 aliphatic carbocycles. The normalized spacial score (nSPS) is 29.5. The molecule has 2 N–H and O–H groups in total. The second-order valence-corrected chi connectivity index (χ2v) is 7.41. The number of aromatic nitrogens is 1. The molecule has 0 spiro atoms. The molecule has 2 nitrogen and oxygen atoms in total. The monoisotopic (exact) mass is 268 g/mol. The average molecular weight is 268 g/mol. The van der Waals surface area contributed by atoms with Crippen LogP contribution >= 0.6 is 0 Å². The summed E-state index contributed by atoms with van der Waals surface area (Å²) in [5.74, 6) is 0.667. The Balaban J connectivity index is 2.14. The first-order valence-electron chi connectivity index (χ1n) is 7.52. The third-order valence-corrected chi connectivity index (χ3v) is 4.62. The second-order valence-electron chi connectivity index (χ2n) is 7.41. The molecule has 1 saturated carbocycles. The summed E-state index contributed by atoms with van der Waals surface area (Å²) in [5.41, 5.74) is 8.27. The minimum absolute atomic E-state index is 0.220. The molecule has 2 aromatic rings. The molecule has 0 amide bonds. The summed E-state index contributed by atoms with van der Waals surface area (Å²) in [5, 5.41) is 2.45. The highest BCUT2D eigenvalue weighted by atomic mass is 14.8. The molecule has 0 aliphatic heterocycles. The van der Waals surface area contributed by atoms with Gasteiger partial charge in [0.05, 0.1) is 0 Å². The van der Waals surface area contributed by atoms with Gasteiger partial charge in [0.15, 0.2) is 0 Å². The summed E-state index contributed by atoms with van der Waals surface area (Å²) in [6.45, 7) is 7.02. The number of nitrogens with two attached hydrogens (primary N) is 1. The number of pyridine rings is 1. The number of benzene rings is 1. The van der Waals surface area contributed by atoms with Crippen molar-refractivity contribution in [2.24, 2.45) is 17.1 Å². The third-order valence-electron chi connectivity index (χ3n) is 4.62. The minimum atomic E-state index is -0.220. The molecule has 3 rings (SSSR count). The minimum Gasteiger partial charge on any atom is -0.321 e. The van der Waals surface area contributed by atoms with Gasteiger partial charge in [-0.3, -0.25) is 4.98 Å². The molecule has 1 fully saturated rings. The first-order valence-corrected chi connectivity index (χ1v) is 7.52. The molecular formula is C18H24N2. The fourth-order valence-corrected chi connectivity index (χ4v) is 4.40. The number of nitrogens with zero attached hydrogens (tertiary/aromatic N) is 1. The van der Waals surface area contributed by atoms with E-state index >= 15 is 0 Å². The van der Waals surface area contributed by atoms with Gasteiger partial charge in [-0.25, -0.2) is 0 Å². The van der Waals surface area contributed by atoms with Gasteiger partial charge in [0.1, 0.15) is 0 Å². The second kappa shape index (κ2) is 4.56. The van der Waals surface area contributed by atoms with E-state index in [0.717, 1.165) is 12.8 Å². The van der Waals surface area contributed by atoms with E-state index < -0.39 is 0 Å². The van der Waals surface area contributed by atoms with Crippen LogP contribution in [0.25, 0.3) is 10.8 Å². The van der Waals surface area contributed by atoms with Crippen molar-refractivity contribution in [3.8, 4) is 0 Å². The SMILES string of the molecule is CC1CC(C)(C)CC(N)(c2cccc3cnccc23)C1. The van der Waals surface area contributed by atoms with E-state index in [2.05, 4.69) is 50.0 Å². The molecule has 20 heavy (non-hydrogen) atoms. The highest BCUT2D eigenvalue weighted by molar-refractivity contribution is 5.85. The van der Waals surface area contributed by atoms with Crippen LogP contribution < -0.4 is 5.73 Å². The zero-order chi connectivity index (χ0) is 14.4. The van der Waals surface area contributed by atoms with Crippen molar-refractivity contribution in [1.29, 1.82) is 0 Å². The van der Waals surface area contributed by atoms with Gasteiger partial charge in [0.2, 0.25) is 0 Å². The first kappa shape index (κ1) is 13.6. The Morgan fingerprint density at radius 1 is 1.20 bits per heavy atom. The quantitative estimate of drug-likeness (QED) is 0.840. The first-order chi connectivity index (χ1) is 9.40. The van der Waals surface area contributed by atoms with E-state index in [4.69, 9.17) is 5.73 Å². The lowest BCUT2D eigenvalue weighted by Crippen LogP contribution is -2.46. The Labute approximate surface area is 121 Å². The van der Waals surface area contributed by atoms with E-state index in [9.17, 15) is 0 Å². The maximum atomic E-state index is 6.89. The van der Waals surface area contributed by atoms with Crippen molar-refractivity contribution >= 4 is 10.8 Å². The van der Waals surface area contributed by atoms with Gasteiger partial charge < -0.3 is 5.73 Å². The van der Waals surface area contributed by atoms with Crippen molar-refractivity contribution in [2.75, 3.05) is 0 Å². The third kappa shape index (κ3) is 2.33. The zero-order valence-corrected chi connectivity index (χ0v) is 12.7. The number of hydrogen-bond donors (Lipinski definition) is 1. The molecule has 1 aliphatic rings. The average Bonchev–Trinajstić information content (AvgIpc) is 2.35. The molecular weight excluding hydrogens is 244 g/mol. The van der Waals surface area contributed by atoms with Crippen LogP contribution in [0, 0.1) is 11.3 Å². The summed E-state index contributed by atoms with van der Waals surface area (Å²) in [6, 6.07) is 8.54. The predicted octanol–water partition coefficient (Wildman–Crippen LogP) is 4.24. The summed E-state index contributed by atoms with van der Waals surface area (Å²) in [6.07, 6.45) is 7.17. The van der Waals surface area contributed by atoms with E-state index in [-0.39, 0.29) is 5.54 Å². The van der Waals surface area contributed by atoms with Crippen LogP contribution in [0.3, 0.4) is 0 Å². The fourth-order valence-electron chi connectivity index (χ4n) is 4.40. The molecule has 106 valence electrons. The molecule has 2 heteroatoms. The number of hydrogen-bond acceptors (Lipinski definition) is 2. The molecule has 0 saturated heterocycles. The van der Waals surface area contributed by atoms with Crippen LogP contribution in [0.4, 0.5) is 0 Å². The van der Waals surface area contributed by atoms with Gasteiger partial charge in [-0.1, -0.05) is 39.0 Å². The smallest absolute Gasteiger partial charge is 0.0423 e. The number of fused-ring (bicyclic) bond motifs is 1. The Kier molecular flexibility index (Phi) is 3.09. The predicted molar refractivity (Wildman–Crippen MR) is 84.4 cm³/mol. The summed E-state index contributed by atoms with van der Waals surface area (Å²) < 4.78 is 0. The van der Waals surface area contributed by atoms with Gasteiger partial charge in [0.25, 0.3) is 0 Å². The van der Waals surface area contributed by atoms with Crippen LogP contribution in [-0.4, -0.2) is 4.98 Å². The van der Waals surface area contributed by atoms with Crippen molar-refractivity contribution in [3.63, 3.8) is 0 Å². The topological polar surface area (TPSA) is 38.9 Å². The van der Waals surface area contributed by atoms with Crippen LogP contribution in [0.1, 0.15) is 45.6 Å². The van der Waals surface area contributed by atoms with Gasteiger partial charge in [-0.2, -0.15) is 0 Å². The van der Waals surface area contributed by atoms with Crippen molar-refractivity contribution in [1.82, 2.24) is 4.98 Å². The van der Waals surface area contributed by atoms with E-state index in [1.165, 1.54) is 22.8 Å². The standard InChI is InChI=1S/C18H24N2/c1-13-9-17(2,3)12-18(19,10-13)16-6-4-5-14-11-20-8-7-15(14)16/h4-8,11,13H,9-10,12,19H2,1-3H3. The van der Waals surface area contributed by atoms with Crippen molar-refractivity contribution in [2.45, 2.75) is 45.6 Å². The fraction of sp³-hybridized carbons (Fsp3) is 0.500. The molecule has 1 heterocycles. The van der Waals surface area contributed by atoms with E-state index in [1.807, 2.05) is 12.4 Å². The van der Waals surface area contributed by atoms with Crippen molar-refractivity contribution < 1.29 is 0 Å². The highest BCUT2D eigenvalue weighted by Crippen LogP contribution is 2.48. The van der Waals surface area contributed by atoms with Crippen LogP contribution in [0.5, 0.6) is 0 Å². The Morgan fingerprint density at radius 2 is 2.00 bits per heavy atom. The lowest BCUT2D eigenvalue weighted by atomic mass is 9.62. The van der Waals surface area contributed by atoms with Crippen molar-refractivity contribution in [3.05, 3.63) is 42.2 Å². The molecule has 2 unspecified atom stereocenters. The molecule has 0 bridgehead atoms. The summed E-state index contributed by atoms with van der Waals surface area (Å²) >= 11 is 0. The maximum Gasteiger partial charge on any atom is 0.0423 e. The Morgan fingerprint density at radius 3 is 2.75 bits per heavy atom. The Hall–Kier alpha value is -1.41. The largest absolute Gasteiger partial charge is 0.321 e. The summed E-state index contributed by atoms with van der Waals surface area (Å²) in [4.78, 5) is 4.22. The highest BCUT2D eigenvalue weighted by Gasteiger charge is 2.41. The van der Waals surface area contributed by atoms with Crippen LogP contribution in [0.15, 0.2) is 36.7 Å². The van der Waals surface area contributed by atoms with Gasteiger partial charge >= 0.3 is 0 Å². The van der Waals surface area contributed by atoms with Gasteiger partial charge in [-0.15, -0.1) is 0 Å². The lowest BCUT2D eigenvalue weighted by Gasteiger charge is -2.46. The van der Waals surface area contributed by atoms with E-state index in [1.54, 1.807) is 0 Å². The molecule has 1 aromatic carbocycles. The lowest BCUT2D eigenvalue weighted by molar-refractivity contribution is 0.108. The summed E-state index contributed by atoms with van der Waals surface area (Å²) in [7, 11) is 0. The van der Waals surface area contributed by atoms with Gasteiger partial charge in [0, 0.05) is 23.3 Å². The Bertz CT molecular complexity index is 627. The number of rotatable bonds is 1. The molecule has 0 radical (unpaired) electrons. The zero-order valence-electron chi connectivity index (χ0n) is 12.7. The van der Waals surface area contributed by atoms with E-state index in [0.29, 0.717) is 11.3 Å².